The molecule has 0 aliphatic carbocycles. The van der Waals surface area contributed by atoms with Gasteiger partial charge in [0, 0.05) is 26.2 Å². The molecule has 1 aromatic carbocycles. The molecule has 0 spiro atoms. The zero-order chi connectivity index (χ0) is 24.1. The number of nitrogens with one attached hydrogen (secondary N) is 1. The number of hydrogen-bond donors (Lipinski definition) is 2. The number of methoxy groups -OCH3 is 1. The Morgan fingerprint density at radius 3 is 2.76 bits per heavy atom. The van der Waals surface area contributed by atoms with Gasteiger partial charge in [-0.15, -0.1) is 0 Å². The lowest BCUT2D eigenvalue weighted by molar-refractivity contribution is -0.120. The quantitative estimate of drug-likeness (QED) is 0.595. The van der Waals surface area contributed by atoms with Gasteiger partial charge in [-0.2, -0.15) is 0 Å². The molecule has 1 amide bonds. The van der Waals surface area contributed by atoms with Gasteiger partial charge in [-0.05, 0) is 37.8 Å². The summed E-state index contributed by atoms with van der Waals surface area (Å²) in [6.45, 7) is 7.61. The van der Waals surface area contributed by atoms with E-state index >= 15 is 0 Å². The number of benzene rings is 1. The number of nitrogens with two attached hydrogens (primary N) is 1. The van der Waals surface area contributed by atoms with E-state index in [0.29, 0.717) is 6.54 Å². The van der Waals surface area contributed by atoms with Crippen molar-refractivity contribution < 1.29 is 9.53 Å². The molecular weight excluding hydrogens is 422 g/mol. The van der Waals surface area contributed by atoms with E-state index < -0.39 is 11.2 Å². The number of nitrogen functional groups attached to an aromatic ring is 1. The fraction of sp³-hybridized carbons (Fsp3) is 0.542. The standard InChI is InChI=1S/C24H35N5O4/c1-16(2)14-29-22(25)21(23(31)26-24(29)32)28(11-12-33-4)20(30)15-27-10-6-9-19(27)18-8-5-7-17(3)13-18/h5,7-8,13,16,19H,6,9-12,14-15,25H2,1-4H3,(H,26,31,32). The number of hydrogen-bond acceptors (Lipinski definition) is 6. The van der Waals surface area contributed by atoms with Crippen molar-refractivity contribution in [2.75, 3.05) is 44.0 Å². The molecule has 33 heavy (non-hydrogen) atoms. The van der Waals surface area contributed by atoms with Crippen molar-refractivity contribution in [2.24, 2.45) is 5.92 Å². The zero-order valence-corrected chi connectivity index (χ0v) is 20.0. The van der Waals surface area contributed by atoms with E-state index in [1.54, 1.807) is 0 Å². The van der Waals surface area contributed by atoms with Gasteiger partial charge in [0.1, 0.15) is 5.82 Å². The number of carbonyl (C=O) groups excluding carboxylic acids is 1. The highest BCUT2D eigenvalue weighted by atomic mass is 16.5. The van der Waals surface area contributed by atoms with E-state index in [-0.39, 0.29) is 49.1 Å². The molecule has 1 atom stereocenters. The molecule has 180 valence electrons. The summed E-state index contributed by atoms with van der Waals surface area (Å²) >= 11 is 0. The third kappa shape index (κ3) is 5.72. The van der Waals surface area contributed by atoms with Crippen molar-refractivity contribution in [3.63, 3.8) is 0 Å². The van der Waals surface area contributed by atoms with Crippen LogP contribution in [-0.2, 0) is 16.1 Å². The van der Waals surface area contributed by atoms with Crippen LogP contribution in [0.1, 0.15) is 43.9 Å². The highest BCUT2D eigenvalue weighted by molar-refractivity contribution is 5.96. The van der Waals surface area contributed by atoms with Crippen LogP contribution in [-0.4, -0.2) is 53.7 Å². The minimum absolute atomic E-state index is 0.00133. The Kier molecular flexibility index (Phi) is 8.10. The number of H-pyrrole nitrogens is 1. The van der Waals surface area contributed by atoms with Crippen LogP contribution in [0.25, 0.3) is 0 Å². The Morgan fingerprint density at radius 2 is 2.09 bits per heavy atom. The van der Waals surface area contributed by atoms with E-state index in [1.807, 2.05) is 19.9 Å². The number of aromatic amines is 1. The highest BCUT2D eigenvalue weighted by Crippen LogP contribution is 2.32. The van der Waals surface area contributed by atoms with Gasteiger partial charge in [0.25, 0.3) is 5.56 Å². The number of anilines is 2. The average Bonchev–Trinajstić information content (AvgIpc) is 3.21. The third-order valence-corrected chi connectivity index (χ3v) is 5.98. The van der Waals surface area contributed by atoms with Crippen molar-refractivity contribution in [2.45, 2.75) is 46.2 Å². The minimum atomic E-state index is -0.668. The summed E-state index contributed by atoms with van der Waals surface area (Å²) in [6.07, 6.45) is 1.96. The summed E-state index contributed by atoms with van der Waals surface area (Å²) in [6, 6.07) is 8.48. The van der Waals surface area contributed by atoms with E-state index in [2.05, 4.69) is 35.0 Å². The molecule has 9 heteroatoms. The highest BCUT2D eigenvalue weighted by Gasteiger charge is 2.31. The summed E-state index contributed by atoms with van der Waals surface area (Å²) in [7, 11) is 1.53. The third-order valence-electron chi connectivity index (χ3n) is 5.98. The molecule has 2 heterocycles. The van der Waals surface area contributed by atoms with Crippen LogP contribution in [0.2, 0.25) is 0 Å². The molecule has 3 rings (SSSR count). The molecule has 0 saturated carbocycles. The van der Waals surface area contributed by atoms with Crippen molar-refractivity contribution in [3.05, 3.63) is 56.2 Å². The van der Waals surface area contributed by atoms with Crippen LogP contribution in [0.4, 0.5) is 11.5 Å². The number of aryl methyl sites for hydroxylation is 1. The van der Waals surface area contributed by atoms with Crippen molar-refractivity contribution >= 4 is 17.4 Å². The summed E-state index contributed by atoms with van der Waals surface area (Å²) < 4.78 is 6.51. The van der Waals surface area contributed by atoms with Gasteiger partial charge < -0.3 is 15.4 Å². The first-order valence-corrected chi connectivity index (χ1v) is 11.5. The Morgan fingerprint density at radius 1 is 1.33 bits per heavy atom. The molecule has 1 aromatic heterocycles. The fourth-order valence-electron chi connectivity index (χ4n) is 4.46. The largest absolute Gasteiger partial charge is 0.383 e. The van der Waals surface area contributed by atoms with Gasteiger partial charge >= 0.3 is 5.69 Å². The molecule has 1 unspecified atom stereocenters. The molecule has 1 aliphatic heterocycles. The molecule has 1 saturated heterocycles. The second-order valence-electron chi connectivity index (χ2n) is 9.08. The SMILES string of the molecule is COCCN(C(=O)CN1CCCC1c1cccc(C)c1)c1c(N)n(CC(C)C)c(=O)[nH]c1=O. The lowest BCUT2D eigenvalue weighted by Crippen LogP contribution is -2.46. The van der Waals surface area contributed by atoms with E-state index in [9.17, 15) is 14.4 Å². The maximum atomic E-state index is 13.5. The van der Waals surface area contributed by atoms with Crippen LogP contribution in [0.15, 0.2) is 33.9 Å². The van der Waals surface area contributed by atoms with E-state index in [4.69, 9.17) is 10.5 Å². The van der Waals surface area contributed by atoms with Crippen molar-refractivity contribution in [1.29, 1.82) is 0 Å². The predicted octanol–water partition coefficient (Wildman–Crippen LogP) is 1.90. The Bertz CT molecular complexity index is 1090. The average molecular weight is 458 g/mol. The first-order chi connectivity index (χ1) is 15.7. The Balaban J connectivity index is 1.93. The Labute approximate surface area is 194 Å². The molecule has 1 aliphatic rings. The number of likely N-dealkylation sites (tertiary alicyclic amines) is 1. The fourth-order valence-corrected chi connectivity index (χ4v) is 4.46. The second-order valence-corrected chi connectivity index (χ2v) is 9.08. The van der Waals surface area contributed by atoms with E-state index in [0.717, 1.165) is 19.4 Å². The van der Waals surface area contributed by atoms with Gasteiger partial charge in [0.05, 0.1) is 13.2 Å². The lowest BCUT2D eigenvalue weighted by atomic mass is 10.0. The maximum absolute atomic E-state index is 13.5. The van der Waals surface area contributed by atoms with Crippen LogP contribution in [0, 0.1) is 12.8 Å². The summed E-state index contributed by atoms with van der Waals surface area (Å²) in [5.41, 5.74) is 7.41. The van der Waals surface area contributed by atoms with E-state index in [1.165, 1.54) is 27.7 Å². The van der Waals surface area contributed by atoms with Crippen molar-refractivity contribution in [1.82, 2.24) is 14.5 Å². The molecule has 3 N–H and O–H groups in total. The second kappa shape index (κ2) is 10.8. The smallest absolute Gasteiger partial charge is 0.330 e. The normalized spacial score (nSPS) is 16.5. The van der Waals surface area contributed by atoms with Gasteiger partial charge in [0.15, 0.2) is 5.69 Å². The van der Waals surface area contributed by atoms with Gasteiger partial charge in [-0.1, -0.05) is 43.7 Å². The lowest BCUT2D eigenvalue weighted by Gasteiger charge is -2.29. The topological polar surface area (TPSA) is 114 Å². The van der Waals surface area contributed by atoms with Crippen LogP contribution < -0.4 is 21.9 Å². The molecule has 2 aromatic rings. The number of rotatable bonds is 9. The van der Waals surface area contributed by atoms with Crippen LogP contribution in [0.5, 0.6) is 0 Å². The molecular formula is C24H35N5O4. The van der Waals surface area contributed by atoms with Gasteiger partial charge in [-0.25, -0.2) is 4.79 Å². The first kappa shape index (κ1) is 24.7. The zero-order valence-electron chi connectivity index (χ0n) is 20.0. The van der Waals surface area contributed by atoms with Gasteiger partial charge in [-0.3, -0.25) is 24.0 Å². The van der Waals surface area contributed by atoms with Crippen molar-refractivity contribution in [3.8, 4) is 0 Å². The van der Waals surface area contributed by atoms with Crippen LogP contribution >= 0.6 is 0 Å². The summed E-state index contributed by atoms with van der Waals surface area (Å²) in [5, 5.41) is 0. The van der Waals surface area contributed by atoms with Crippen LogP contribution in [0.3, 0.4) is 0 Å². The summed E-state index contributed by atoms with van der Waals surface area (Å²) in [4.78, 5) is 44.5. The molecule has 0 radical (unpaired) electrons. The number of carbonyl (C=O) groups is 1. The number of nitrogens with zero attached hydrogens (tertiary/aromatic N) is 3. The molecule has 9 nitrogen and oxygen atoms in total. The van der Waals surface area contributed by atoms with Gasteiger partial charge in [0.2, 0.25) is 5.91 Å². The number of aromatic nitrogens is 2. The monoisotopic (exact) mass is 457 g/mol. The maximum Gasteiger partial charge on any atom is 0.330 e. The number of ether oxygens (including phenoxy) is 1. The number of amides is 1. The minimum Gasteiger partial charge on any atom is -0.383 e. The first-order valence-electron chi connectivity index (χ1n) is 11.5. The summed E-state index contributed by atoms with van der Waals surface area (Å²) in [5.74, 6) is -0.122. The Hall–Kier alpha value is -2.91. The molecule has 0 bridgehead atoms. The predicted molar refractivity (Wildman–Crippen MR) is 130 cm³/mol. The molecule has 1 fully saturated rings.